The van der Waals surface area contributed by atoms with Gasteiger partial charge in [0.05, 0.1) is 0 Å². The molecule has 9 heteroatoms. The molecule has 0 aliphatic carbocycles. The third-order valence-corrected chi connectivity index (χ3v) is 7.20. The lowest BCUT2D eigenvalue weighted by atomic mass is 9.83. The smallest absolute Gasteiger partial charge is 0.255 e. The van der Waals surface area contributed by atoms with Gasteiger partial charge in [-0.3, -0.25) is 19.2 Å². The van der Waals surface area contributed by atoms with Gasteiger partial charge >= 0.3 is 0 Å². The van der Waals surface area contributed by atoms with Crippen LogP contribution in [-0.2, 0) is 27.5 Å². The number of hydrogen-bond donors (Lipinski definition) is 2. The maximum atomic E-state index is 14.2. The second kappa shape index (κ2) is 12.5. The Bertz CT molecular complexity index is 1370. The van der Waals surface area contributed by atoms with Crippen LogP contribution in [0.4, 0.5) is 10.1 Å². The van der Waals surface area contributed by atoms with Gasteiger partial charge in [-0.25, -0.2) is 4.39 Å². The summed E-state index contributed by atoms with van der Waals surface area (Å²) in [6.07, 6.45) is 0.441. The van der Waals surface area contributed by atoms with Crippen LogP contribution in [0.25, 0.3) is 0 Å². The Kier molecular flexibility index (Phi) is 8.93. The molecule has 4 amide bonds. The minimum absolute atomic E-state index is 0.0110. The molecule has 1 heterocycles. The van der Waals surface area contributed by atoms with Gasteiger partial charge < -0.3 is 20.4 Å². The van der Waals surface area contributed by atoms with E-state index in [9.17, 15) is 23.6 Å². The summed E-state index contributed by atoms with van der Waals surface area (Å²) in [5.74, 6) is -1.53. The number of piperidine rings is 1. The van der Waals surface area contributed by atoms with E-state index in [1.807, 2.05) is 30.3 Å². The standard InChI is InChI=1S/C31H33FN4O4/c1-22(37)34-28-13-11-26(12-14-28)29(39)36(21-25-9-6-10-27(32)19-25)31(15-17-35(18-16-31)23(2)38)30(40)33-20-24-7-4-3-5-8-24/h3-14,19H,15-18,20-21H2,1-2H3,(H,33,40)(H,34,37). The SMILES string of the molecule is CC(=O)Nc1ccc(C(=O)N(Cc2cccc(F)c2)C2(C(=O)NCc3ccccc3)CCN(C(C)=O)CC2)cc1. The molecule has 1 aliphatic heterocycles. The summed E-state index contributed by atoms with van der Waals surface area (Å²) in [6.45, 7) is 3.72. The highest BCUT2D eigenvalue weighted by molar-refractivity contribution is 6.00. The lowest BCUT2D eigenvalue weighted by Crippen LogP contribution is -2.64. The quantitative estimate of drug-likeness (QED) is 0.446. The Hall–Kier alpha value is -4.53. The molecule has 40 heavy (non-hydrogen) atoms. The summed E-state index contributed by atoms with van der Waals surface area (Å²) in [5.41, 5.74) is 0.997. The van der Waals surface area contributed by atoms with E-state index in [4.69, 9.17) is 0 Å². The van der Waals surface area contributed by atoms with E-state index in [0.29, 0.717) is 29.9 Å². The second-order valence-electron chi connectivity index (χ2n) is 9.99. The molecule has 1 saturated heterocycles. The molecule has 4 rings (SSSR count). The summed E-state index contributed by atoms with van der Waals surface area (Å²) >= 11 is 0. The third-order valence-electron chi connectivity index (χ3n) is 7.20. The number of benzene rings is 3. The van der Waals surface area contributed by atoms with Gasteiger partial charge in [-0.05, 0) is 60.4 Å². The largest absolute Gasteiger partial charge is 0.350 e. The lowest BCUT2D eigenvalue weighted by Gasteiger charge is -2.47. The van der Waals surface area contributed by atoms with E-state index < -0.39 is 17.3 Å². The first kappa shape index (κ1) is 28.5. The maximum Gasteiger partial charge on any atom is 0.255 e. The Balaban J connectivity index is 1.72. The van der Waals surface area contributed by atoms with Gasteiger partial charge in [0.2, 0.25) is 17.7 Å². The third kappa shape index (κ3) is 6.72. The van der Waals surface area contributed by atoms with E-state index in [1.54, 1.807) is 41.3 Å². The van der Waals surface area contributed by atoms with Crippen molar-refractivity contribution < 1.29 is 23.6 Å². The molecule has 3 aromatic rings. The Morgan fingerprint density at radius 1 is 0.875 bits per heavy atom. The van der Waals surface area contributed by atoms with Crippen LogP contribution in [0.2, 0.25) is 0 Å². The molecule has 0 bridgehead atoms. The number of hydrogen-bond acceptors (Lipinski definition) is 4. The highest BCUT2D eigenvalue weighted by Gasteiger charge is 2.48. The molecule has 2 N–H and O–H groups in total. The van der Waals surface area contributed by atoms with Crippen LogP contribution >= 0.6 is 0 Å². The van der Waals surface area contributed by atoms with Gasteiger partial charge in [0, 0.05) is 51.3 Å². The summed E-state index contributed by atoms with van der Waals surface area (Å²) < 4.78 is 14.2. The Morgan fingerprint density at radius 2 is 1.52 bits per heavy atom. The molecule has 0 spiro atoms. The van der Waals surface area contributed by atoms with Gasteiger partial charge in [-0.2, -0.15) is 0 Å². The molecule has 0 saturated carbocycles. The van der Waals surface area contributed by atoms with Crippen molar-refractivity contribution in [2.45, 2.75) is 45.3 Å². The van der Waals surface area contributed by atoms with Crippen molar-refractivity contribution in [2.75, 3.05) is 18.4 Å². The molecule has 0 unspecified atom stereocenters. The zero-order chi connectivity index (χ0) is 28.7. The molecule has 8 nitrogen and oxygen atoms in total. The van der Waals surface area contributed by atoms with Crippen LogP contribution in [0.3, 0.4) is 0 Å². The lowest BCUT2D eigenvalue weighted by molar-refractivity contribution is -0.141. The molecular formula is C31H33FN4O4. The first-order valence-electron chi connectivity index (χ1n) is 13.2. The molecule has 0 aromatic heterocycles. The monoisotopic (exact) mass is 544 g/mol. The minimum Gasteiger partial charge on any atom is -0.350 e. The first-order chi connectivity index (χ1) is 19.2. The number of halogens is 1. The van der Waals surface area contributed by atoms with Gasteiger partial charge in [0.25, 0.3) is 5.91 Å². The second-order valence-corrected chi connectivity index (χ2v) is 9.99. The van der Waals surface area contributed by atoms with Crippen LogP contribution in [0.5, 0.6) is 0 Å². The number of carbonyl (C=O) groups excluding carboxylic acids is 4. The van der Waals surface area contributed by atoms with E-state index in [1.165, 1.54) is 30.9 Å². The Labute approximate surface area is 233 Å². The molecule has 1 aliphatic rings. The fourth-order valence-corrected chi connectivity index (χ4v) is 5.04. The van der Waals surface area contributed by atoms with Crippen LogP contribution in [0.1, 0.15) is 48.2 Å². The van der Waals surface area contributed by atoms with Crippen molar-refractivity contribution >= 4 is 29.3 Å². The number of amides is 4. The van der Waals surface area contributed by atoms with Crippen molar-refractivity contribution in [3.63, 3.8) is 0 Å². The van der Waals surface area contributed by atoms with Crippen molar-refractivity contribution in [1.29, 1.82) is 0 Å². The van der Waals surface area contributed by atoms with Crippen LogP contribution in [0.15, 0.2) is 78.9 Å². The summed E-state index contributed by atoms with van der Waals surface area (Å²) in [7, 11) is 0. The van der Waals surface area contributed by atoms with Gasteiger partial charge in [-0.15, -0.1) is 0 Å². The van der Waals surface area contributed by atoms with Crippen molar-refractivity contribution in [3.8, 4) is 0 Å². The number of likely N-dealkylation sites (tertiary alicyclic amines) is 1. The van der Waals surface area contributed by atoms with E-state index in [0.717, 1.165) is 5.56 Å². The number of rotatable bonds is 8. The molecule has 208 valence electrons. The van der Waals surface area contributed by atoms with Crippen molar-refractivity contribution in [1.82, 2.24) is 15.1 Å². The fraction of sp³-hybridized carbons (Fsp3) is 0.290. The van der Waals surface area contributed by atoms with E-state index in [2.05, 4.69) is 10.6 Å². The number of nitrogens with one attached hydrogen (secondary N) is 2. The summed E-state index contributed by atoms with van der Waals surface area (Å²) in [4.78, 5) is 54.9. The summed E-state index contributed by atoms with van der Waals surface area (Å²) in [5, 5.41) is 5.69. The van der Waals surface area contributed by atoms with Crippen molar-refractivity contribution in [2.24, 2.45) is 0 Å². The number of carbonyl (C=O) groups is 4. The zero-order valence-electron chi connectivity index (χ0n) is 22.7. The van der Waals surface area contributed by atoms with Gasteiger partial charge in [-0.1, -0.05) is 42.5 Å². The number of nitrogens with zero attached hydrogens (tertiary/aromatic N) is 2. The molecular weight excluding hydrogens is 511 g/mol. The fourth-order valence-electron chi connectivity index (χ4n) is 5.04. The predicted molar refractivity (Wildman–Crippen MR) is 150 cm³/mol. The molecule has 1 fully saturated rings. The zero-order valence-corrected chi connectivity index (χ0v) is 22.7. The maximum absolute atomic E-state index is 14.2. The van der Waals surface area contributed by atoms with Gasteiger partial charge in [0.15, 0.2) is 0 Å². The minimum atomic E-state index is -1.29. The van der Waals surface area contributed by atoms with Gasteiger partial charge in [0.1, 0.15) is 11.4 Å². The van der Waals surface area contributed by atoms with Crippen LogP contribution < -0.4 is 10.6 Å². The molecule has 0 radical (unpaired) electrons. The van der Waals surface area contributed by atoms with Crippen LogP contribution in [0, 0.1) is 5.82 Å². The Morgan fingerprint density at radius 3 is 2.12 bits per heavy atom. The predicted octanol–water partition coefficient (Wildman–Crippen LogP) is 4.12. The first-order valence-corrected chi connectivity index (χ1v) is 13.2. The van der Waals surface area contributed by atoms with Crippen LogP contribution in [-0.4, -0.2) is 52.1 Å². The topological polar surface area (TPSA) is 98.8 Å². The average Bonchev–Trinajstić information content (AvgIpc) is 2.95. The summed E-state index contributed by atoms with van der Waals surface area (Å²) in [6, 6.07) is 21.8. The van der Waals surface area contributed by atoms with E-state index >= 15 is 0 Å². The molecule has 3 aromatic carbocycles. The highest BCUT2D eigenvalue weighted by Crippen LogP contribution is 2.33. The highest BCUT2D eigenvalue weighted by atomic mass is 19.1. The number of anilines is 1. The average molecular weight is 545 g/mol. The van der Waals surface area contributed by atoms with Crippen molar-refractivity contribution in [3.05, 3.63) is 101 Å². The normalized spacial score (nSPS) is 14.2. The van der Waals surface area contributed by atoms with E-state index in [-0.39, 0.29) is 43.7 Å². The molecule has 0 atom stereocenters.